The molecule has 1 aliphatic heterocycles. The fourth-order valence-electron chi connectivity index (χ4n) is 2.52. The topological polar surface area (TPSA) is 73.7 Å². The van der Waals surface area contributed by atoms with Crippen LogP contribution in [-0.2, 0) is 0 Å². The number of aliphatic hydroxyl groups excluding tert-OH is 1. The zero-order chi connectivity index (χ0) is 13.8. The van der Waals surface area contributed by atoms with Crippen LogP contribution in [0.5, 0.6) is 0 Å². The molecule has 1 fully saturated rings. The summed E-state index contributed by atoms with van der Waals surface area (Å²) in [4.78, 5) is 16.9. The lowest BCUT2D eigenvalue weighted by Crippen LogP contribution is -2.37. The van der Waals surface area contributed by atoms with Gasteiger partial charge >= 0.3 is 5.97 Å². The number of carbonyl (C=O) groups is 1. The van der Waals surface area contributed by atoms with E-state index in [1.54, 1.807) is 0 Å². The Morgan fingerprint density at radius 3 is 3.05 bits per heavy atom. The quantitative estimate of drug-likeness (QED) is 0.866. The highest BCUT2D eigenvalue weighted by Crippen LogP contribution is 2.26. The molecule has 0 spiro atoms. The number of aromatic carboxylic acids is 1. The second-order valence-corrected chi connectivity index (χ2v) is 4.80. The molecule has 0 amide bonds. The summed E-state index contributed by atoms with van der Waals surface area (Å²) >= 11 is 0. The number of carboxylic acids is 1. The number of aromatic nitrogens is 1. The highest BCUT2D eigenvalue weighted by atomic mass is 19.1. The van der Waals surface area contributed by atoms with Gasteiger partial charge in [-0.3, -0.25) is 0 Å². The van der Waals surface area contributed by atoms with Crippen LogP contribution in [0.2, 0.25) is 0 Å². The molecule has 0 aromatic carbocycles. The van der Waals surface area contributed by atoms with Gasteiger partial charge in [-0.25, -0.2) is 14.2 Å². The number of halogens is 1. The van der Waals surface area contributed by atoms with Gasteiger partial charge < -0.3 is 15.1 Å². The summed E-state index contributed by atoms with van der Waals surface area (Å²) in [6, 6.07) is 1.00. The van der Waals surface area contributed by atoms with Crippen LogP contribution in [0.15, 0.2) is 12.3 Å². The predicted molar refractivity (Wildman–Crippen MR) is 67.8 cm³/mol. The second kappa shape index (κ2) is 5.97. The van der Waals surface area contributed by atoms with Crippen molar-refractivity contribution in [3.63, 3.8) is 0 Å². The molecular weight excluding hydrogens is 251 g/mol. The lowest BCUT2D eigenvalue weighted by Gasteiger charge is -2.34. The summed E-state index contributed by atoms with van der Waals surface area (Å²) in [7, 11) is 0. The number of carboxylic acid groups (broad SMARTS) is 1. The van der Waals surface area contributed by atoms with Crippen molar-refractivity contribution in [3.05, 3.63) is 23.6 Å². The van der Waals surface area contributed by atoms with Crippen LogP contribution >= 0.6 is 0 Å². The zero-order valence-electron chi connectivity index (χ0n) is 10.5. The largest absolute Gasteiger partial charge is 0.478 e. The Morgan fingerprint density at radius 1 is 1.58 bits per heavy atom. The standard InChI is InChI=1S/C13H17FN2O3/c14-10-6-11(13(18)19)12(15-7-10)16-4-1-2-9(8-16)3-5-17/h6-7,9,17H,1-5,8H2,(H,18,19). The van der Waals surface area contributed by atoms with Crippen molar-refractivity contribution in [1.82, 2.24) is 4.98 Å². The van der Waals surface area contributed by atoms with Gasteiger partial charge in [-0.2, -0.15) is 0 Å². The molecule has 19 heavy (non-hydrogen) atoms. The first-order chi connectivity index (χ1) is 9.11. The third-order valence-electron chi connectivity index (χ3n) is 3.42. The van der Waals surface area contributed by atoms with Gasteiger partial charge in [0.1, 0.15) is 17.2 Å². The molecule has 2 rings (SSSR count). The summed E-state index contributed by atoms with van der Waals surface area (Å²) in [6.45, 7) is 1.49. The summed E-state index contributed by atoms with van der Waals surface area (Å²) < 4.78 is 13.1. The maximum atomic E-state index is 13.1. The number of hydrogen-bond acceptors (Lipinski definition) is 4. The summed E-state index contributed by atoms with van der Waals surface area (Å²) in [6.07, 6.45) is 3.67. The van der Waals surface area contributed by atoms with E-state index in [-0.39, 0.29) is 12.2 Å². The van der Waals surface area contributed by atoms with Gasteiger partial charge in [0.05, 0.1) is 6.20 Å². The molecule has 2 heterocycles. The number of aliphatic hydroxyl groups is 1. The minimum absolute atomic E-state index is 0.107. The zero-order valence-corrected chi connectivity index (χ0v) is 10.5. The minimum Gasteiger partial charge on any atom is -0.478 e. The van der Waals surface area contributed by atoms with Crippen molar-refractivity contribution >= 4 is 11.8 Å². The van der Waals surface area contributed by atoms with Crippen LogP contribution < -0.4 is 4.90 Å². The number of piperidine rings is 1. The van der Waals surface area contributed by atoms with Crippen molar-refractivity contribution in [3.8, 4) is 0 Å². The van der Waals surface area contributed by atoms with Crippen LogP contribution in [0.4, 0.5) is 10.2 Å². The van der Waals surface area contributed by atoms with Crippen LogP contribution in [0.3, 0.4) is 0 Å². The number of rotatable bonds is 4. The molecule has 1 aromatic heterocycles. The Labute approximate surface area is 110 Å². The fourth-order valence-corrected chi connectivity index (χ4v) is 2.52. The molecule has 0 aliphatic carbocycles. The molecule has 1 unspecified atom stereocenters. The molecular formula is C13H17FN2O3. The monoisotopic (exact) mass is 268 g/mol. The number of pyridine rings is 1. The molecule has 1 aromatic rings. The van der Waals surface area contributed by atoms with Crippen molar-refractivity contribution < 1.29 is 19.4 Å². The van der Waals surface area contributed by atoms with Gasteiger partial charge in [-0.1, -0.05) is 0 Å². The normalized spacial score (nSPS) is 19.5. The maximum Gasteiger partial charge on any atom is 0.339 e. The number of nitrogens with zero attached hydrogens (tertiary/aromatic N) is 2. The van der Waals surface area contributed by atoms with E-state index < -0.39 is 11.8 Å². The Balaban J connectivity index is 2.23. The molecule has 0 radical (unpaired) electrons. The Kier molecular flexibility index (Phi) is 4.31. The SMILES string of the molecule is O=C(O)c1cc(F)cnc1N1CCCC(CCO)C1. The smallest absolute Gasteiger partial charge is 0.339 e. The predicted octanol–water partition coefficient (Wildman–Crippen LogP) is 1.52. The van der Waals surface area contributed by atoms with Crippen LogP contribution in [0.1, 0.15) is 29.6 Å². The van der Waals surface area contributed by atoms with Crippen molar-refractivity contribution in [1.29, 1.82) is 0 Å². The van der Waals surface area contributed by atoms with E-state index in [0.717, 1.165) is 25.1 Å². The van der Waals surface area contributed by atoms with E-state index in [1.165, 1.54) is 0 Å². The van der Waals surface area contributed by atoms with Gasteiger partial charge in [0.2, 0.25) is 0 Å². The molecule has 0 bridgehead atoms. The maximum absolute atomic E-state index is 13.1. The second-order valence-electron chi connectivity index (χ2n) is 4.80. The molecule has 1 aliphatic rings. The summed E-state index contributed by atoms with van der Waals surface area (Å²) in [5.41, 5.74) is -0.107. The first-order valence-electron chi connectivity index (χ1n) is 6.36. The Hall–Kier alpha value is -1.69. The Bertz CT molecular complexity index is 465. The lowest BCUT2D eigenvalue weighted by molar-refractivity contribution is 0.0696. The van der Waals surface area contributed by atoms with E-state index in [2.05, 4.69) is 4.98 Å². The average Bonchev–Trinajstić information content (AvgIpc) is 2.39. The van der Waals surface area contributed by atoms with Crippen molar-refractivity contribution in [2.24, 2.45) is 5.92 Å². The van der Waals surface area contributed by atoms with Gasteiger partial charge in [-0.05, 0) is 31.2 Å². The molecule has 104 valence electrons. The molecule has 1 atom stereocenters. The van der Waals surface area contributed by atoms with E-state index in [0.29, 0.717) is 31.2 Å². The molecule has 0 saturated carbocycles. The third kappa shape index (κ3) is 3.20. The minimum atomic E-state index is -1.17. The number of hydrogen-bond donors (Lipinski definition) is 2. The van der Waals surface area contributed by atoms with E-state index in [1.807, 2.05) is 4.90 Å². The lowest BCUT2D eigenvalue weighted by atomic mass is 9.95. The van der Waals surface area contributed by atoms with Crippen LogP contribution in [0, 0.1) is 11.7 Å². The molecule has 5 nitrogen and oxygen atoms in total. The summed E-state index contributed by atoms with van der Waals surface area (Å²) in [5.74, 6) is -1.18. The average molecular weight is 268 g/mol. The highest BCUT2D eigenvalue weighted by molar-refractivity contribution is 5.93. The van der Waals surface area contributed by atoms with E-state index in [4.69, 9.17) is 10.2 Å². The molecule has 1 saturated heterocycles. The molecule has 6 heteroatoms. The van der Waals surface area contributed by atoms with Gasteiger partial charge in [0.15, 0.2) is 0 Å². The fraction of sp³-hybridized carbons (Fsp3) is 0.538. The van der Waals surface area contributed by atoms with Crippen LogP contribution in [0.25, 0.3) is 0 Å². The third-order valence-corrected chi connectivity index (χ3v) is 3.42. The van der Waals surface area contributed by atoms with Crippen molar-refractivity contribution in [2.75, 3.05) is 24.6 Å². The van der Waals surface area contributed by atoms with Crippen molar-refractivity contribution in [2.45, 2.75) is 19.3 Å². The van der Waals surface area contributed by atoms with Gasteiger partial charge in [-0.15, -0.1) is 0 Å². The molecule has 2 N–H and O–H groups in total. The first kappa shape index (κ1) is 13.7. The van der Waals surface area contributed by atoms with Gasteiger partial charge in [0.25, 0.3) is 0 Å². The highest BCUT2D eigenvalue weighted by Gasteiger charge is 2.24. The number of anilines is 1. The van der Waals surface area contributed by atoms with Gasteiger partial charge in [0, 0.05) is 19.7 Å². The van der Waals surface area contributed by atoms with E-state index in [9.17, 15) is 9.18 Å². The van der Waals surface area contributed by atoms with E-state index >= 15 is 0 Å². The van der Waals surface area contributed by atoms with Crippen LogP contribution in [-0.4, -0.2) is 40.9 Å². The first-order valence-corrected chi connectivity index (χ1v) is 6.36. The summed E-state index contributed by atoms with van der Waals surface area (Å²) in [5, 5.41) is 18.1. The Morgan fingerprint density at radius 2 is 2.37 bits per heavy atom.